The van der Waals surface area contributed by atoms with Gasteiger partial charge in [0.2, 0.25) is 0 Å². The molecule has 19 heavy (non-hydrogen) atoms. The van der Waals surface area contributed by atoms with Crippen LogP contribution >= 0.6 is 22.7 Å². The van der Waals surface area contributed by atoms with Gasteiger partial charge in [-0.3, -0.25) is 0 Å². The number of thiophene rings is 1. The molecule has 8 heteroatoms. The molecule has 2 aromatic heterocycles. The molecule has 0 aromatic carbocycles. The van der Waals surface area contributed by atoms with E-state index in [0.29, 0.717) is 0 Å². The molecule has 0 radical (unpaired) electrons. The van der Waals surface area contributed by atoms with Crippen LogP contribution in [0.5, 0.6) is 0 Å². The van der Waals surface area contributed by atoms with E-state index >= 15 is 0 Å². The van der Waals surface area contributed by atoms with Crippen LogP contribution in [0.25, 0.3) is 10.6 Å². The summed E-state index contributed by atoms with van der Waals surface area (Å²) in [5.74, 6) is 0. The Morgan fingerprint density at radius 1 is 1.47 bits per heavy atom. The van der Waals surface area contributed by atoms with Crippen LogP contribution in [0.4, 0.5) is 0 Å². The maximum absolute atomic E-state index is 12.1. The molecule has 0 atom stereocenters. The lowest BCUT2D eigenvalue weighted by atomic mass is 10.4. The number of hydrogen-bond acceptors (Lipinski definition) is 6. The van der Waals surface area contributed by atoms with E-state index < -0.39 is 10.0 Å². The van der Waals surface area contributed by atoms with Crippen LogP contribution in [0.15, 0.2) is 21.7 Å². The summed E-state index contributed by atoms with van der Waals surface area (Å²) in [6, 6.07) is 5.12. The highest BCUT2D eigenvalue weighted by molar-refractivity contribution is 7.91. The minimum Gasteiger partial charge on any atom is -0.241 e. The molecule has 2 heterocycles. The molecule has 0 aliphatic carbocycles. The van der Waals surface area contributed by atoms with Gasteiger partial charge in [0, 0.05) is 12.4 Å². The number of rotatable bonds is 4. The molecule has 0 unspecified atom stereocenters. The second-order valence-electron chi connectivity index (χ2n) is 3.79. The first-order valence-electron chi connectivity index (χ1n) is 5.31. The maximum atomic E-state index is 12.1. The Bertz CT molecular complexity index is 724. The van der Waals surface area contributed by atoms with Gasteiger partial charge in [-0.2, -0.15) is 9.57 Å². The lowest BCUT2D eigenvalue weighted by Gasteiger charge is -2.11. The van der Waals surface area contributed by atoms with Crippen molar-refractivity contribution >= 4 is 32.7 Å². The van der Waals surface area contributed by atoms with Crippen molar-refractivity contribution < 1.29 is 8.42 Å². The highest BCUT2D eigenvalue weighted by Gasteiger charge is 2.23. The van der Waals surface area contributed by atoms with E-state index in [1.54, 1.807) is 12.1 Å². The summed E-state index contributed by atoms with van der Waals surface area (Å²) in [7, 11) is -2.18. The Balaban J connectivity index is 2.34. The number of aromatic nitrogens is 1. The second-order valence-corrected chi connectivity index (χ2v) is 8.21. The molecule has 5 nitrogen and oxygen atoms in total. The van der Waals surface area contributed by atoms with Crippen molar-refractivity contribution in [2.75, 3.05) is 13.6 Å². The first kappa shape index (κ1) is 14.1. The van der Waals surface area contributed by atoms with Crippen LogP contribution < -0.4 is 0 Å². The maximum Gasteiger partial charge on any atom is 0.253 e. The molecule has 0 spiro atoms. The minimum absolute atomic E-state index is 0.161. The van der Waals surface area contributed by atoms with Gasteiger partial charge in [0.05, 0.1) is 21.6 Å². The summed E-state index contributed by atoms with van der Waals surface area (Å²) in [4.78, 5) is 5.14. The van der Waals surface area contributed by atoms with Gasteiger partial charge in [0.25, 0.3) is 10.0 Å². The SMILES string of the molecule is Cc1nc(-c2ccc(S(=O)(=O)N(C)CC#N)s2)cs1. The van der Waals surface area contributed by atoms with Gasteiger partial charge in [-0.05, 0) is 19.1 Å². The number of aryl methyl sites for hydroxylation is 1. The topological polar surface area (TPSA) is 74.1 Å². The molecule has 0 N–H and O–H groups in total. The Hall–Kier alpha value is -1.27. The van der Waals surface area contributed by atoms with Gasteiger partial charge in [-0.15, -0.1) is 22.7 Å². The summed E-state index contributed by atoms with van der Waals surface area (Å²) in [6.07, 6.45) is 0. The monoisotopic (exact) mass is 313 g/mol. The average molecular weight is 313 g/mol. The zero-order chi connectivity index (χ0) is 14.0. The summed E-state index contributed by atoms with van der Waals surface area (Å²) in [5, 5.41) is 11.4. The third-order valence-electron chi connectivity index (χ3n) is 2.41. The first-order chi connectivity index (χ1) is 8.95. The van der Waals surface area contributed by atoms with E-state index in [1.807, 2.05) is 18.4 Å². The minimum atomic E-state index is -3.58. The molecule has 2 rings (SSSR count). The number of nitriles is 1. The molecule has 0 fully saturated rings. The standard InChI is InChI=1S/C11H11N3O2S3/c1-8-13-9(7-17-8)10-3-4-11(18-10)19(15,16)14(2)6-5-12/h3-4,7H,6H2,1-2H3. The lowest BCUT2D eigenvalue weighted by Crippen LogP contribution is -2.26. The van der Waals surface area contributed by atoms with E-state index in [0.717, 1.165) is 19.9 Å². The van der Waals surface area contributed by atoms with Crippen LogP contribution in [0, 0.1) is 18.3 Å². The second kappa shape index (κ2) is 5.38. The highest BCUT2D eigenvalue weighted by Crippen LogP contribution is 2.32. The highest BCUT2D eigenvalue weighted by atomic mass is 32.2. The summed E-state index contributed by atoms with van der Waals surface area (Å²) < 4.78 is 25.5. The fourth-order valence-corrected chi connectivity index (χ4v) is 4.64. The van der Waals surface area contributed by atoms with E-state index in [2.05, 4.69) is 4.98 Å². The Labute approximate surface area is 119 Å². The van der Waals surface area contributed by atoms with E-state index in [1.165, 1.54) is 29.7 Å². The van der Waals surface area contributed by atoms with Crippen molar-refractivity contribution in [1.29, 1.82) is 5.26 Å². The van der Waals surface area contributed by atoms with Gasteiger partial charge >= 0.3 is 0 Å². The molecule has 2 aromatic rings. The zero-order valence-electron chi connectivity index (χ0n) is 10.3. The molecule has 0 aliphatic rings. The summed E-state index contributed by atoms with van der Waals surface area (Å²) in [5.41, 5.74) is 0.789. The fourth-order valence-electron chi connectivity index (χ4n) is 1.41. The third-order valence-corrected chi connectivity index (χ3v) is 6.56. The van der Waals surface area contributed by atoms with Crippen LogP contribution in [0.3, 0.4) is 0 Å². The van der Waals surface area contributed by atoms with Gasteiger partial charge in [0.15, 0.2) is 0 Å². The predicted molar refractivity (Wildman–Crippen MR) is 75.6 cm³/mol. The molecule has 100 valence electrons. The smallest absolute Gasteiger partial charge is 0.241 e. The van der Waals surface area contributed by atoms with Crippen LogP contribution in [0.1, 0.15) is 5.01 Å². The molecule has 0 bridgehead atoms. The largest absolute Gasteiger partial charge is 0.253 e. The van der Waals surface area contributed by atoms with Gasteiger partial charge < -0.3 is 0 Å². The molecular formula is C11H11N3O2S3. The average Bonchev–Trinajstić information content (AvgIpc) is 2.97. The number of hydrogen-bond donors (Lipinski definition) is 0. The van der Waals surface area contributed by atoms with Crippen LogP contribution in [0.2, 0.25) is 0 Å². The predicted octanol–water partition coefficient (Wildman–Crippen LogP) is 2.32. The number of sulfonamides is 1. The third kappa shape index (κ3) is 2.84. The Morgan fingerprint density at radius 2 is 2.21 bits per heavy atom. The number of thiazole rings is 1. The first-order valence-corrected chi connectivity index (χ1v) is 8.44. The summed E-state index contributed by atoms with van der Waals surface area (Å²) in [6.45, 7) is 1.74. The molecule has 0 aliphatic heterocycles. The molecular weight excluding hydrogens is 302 g/mol. The fraction of sp³-hybridized carbons (Fsp3) is 0.273. The van der Waals surface area contributed by atoms with Crippen molar-refractivity contribution in [3.8, 4) is 16.6 Å². The van der Waals surface area contributed by atoms with Gasteiger partial charge in [0.1, 0.15) is 10.8 Å². The summed E-state index contributed by atoms with van der Waals surface area (Å²) >= 11 is 2.69. The van der Waals surface area contributed by atoms with Crippen LogP contribution in [-0.2, 0) is 10.0 Å². The van der Waals surface area contributed by atoms with Crippen molar-refractivity contribution in [3.05, 3.63) is 22.5 Å². The Kier molecular flexibility index (Phi) is 4.01. The number of nitrogens with zero attached hydrogens (tertiary/aromatic N) is 3. The zero-order valence-corrected chi connectivity index (χ0v) is 12.8. The molecule has 0 saturated heterocycles. The lowest BCUT2D eigenvalue weighted by molar-refractivity contribution is 0.504. The van der Waals surface area contributed by atoms with Gasteiger partial charge in [-0.1, -0.05) is 0 Å². The van der Waals surface area contributed by atoms with E-state index in [4.69, 9.17) is 5.26 Å². The van der Waals surface area contributed by atoms with Crippen molar-refractivity contribution in [3.63, 3.8) is 0 Å². The van der Waals surface area contributed by atoms with E-state index in [-0.39, 0.29) is 10.8 Å². The molecule has 0 saturated carbocycles. The van der Waals surface area contributed by atoms with Crippen LogP contribution in [-0.4, -0.2) is 31.3 Å². The van der Waals surface area contributed by atoms with Crippen molar-refractivity contribution in [2.24, 2.45) is 0 Å². The van der Waals surface area contributed by atoms with E-state index in [9.17, 15) is 8.42 Å². The normalized spacial score (nSPS) is 11.7. The molecule has 0 amide bonds. The Morgan fingerprint density at radius 3 is 2.79 bits per heavy atom. The quantitative estimate of drug-likeness (QED) is 0.812. The van der Waals surface area contributed by atoms with Crippen molar-refractivity contribution in [2.45, 2.75) is 11.1 Å². The van der Waals surface area contributed by atoms with Gasteiger partial charge in [-0.25, -0.2) is 13.4 Å². The van der Waals surface area contributed by atoms with Crippen molar-refractivity contribution in [1.82, 2.24) is 9.29 Å².